The van der Waals surface area contributed by atoms with Crippen molar-refractivity contribution in [3.63, 3.8) is 0 Å². The lowest BCUT2D eigenvalue weighted by molar-refractivity contribution is -0.288. The molecule has 0 aromatic heterocycles. The molecule has 2 rings (SSSR count). The Morgan fingerprint density at radius 3 is 1.97 bits per heavy atom. The first-order chi connectivity index (χ1) is 16.0. The van der Waals surface area contributed by atoms with Crippen LogP contribution in [0.1, 0.15) is 38.1 Å². The van der Waals surface area contributed by atoms with E-state index in [-0.39, 0.29) is 18.1 Å². The number of aldehydes is 1. The van der Waals surface area contributed by atoms with Crippen molar-refractivity contribution in [1.29, 1.82) is 0 Å². The minimum absolute atomic E-state index is 0.106. The van der Waals surface area contributed by atoms with E-state index in [4.69, 9.17) is 33.2 Å². The molecule has 0 radical (unpaired) electrons. The minimum atomic E-state index is -1.42. The van der Waals surface area contributed by atoms with Gasteiger partial charge in [-0.1, -0.05) is 0 Å². The Labute approximate surface area is 195 Å². The van der Waals surface area contributed by atoms with Gasteiger partial charge in [0.2, 0.25) is 12.4 Å². The molecule has 0 spiro atoms. The summed E-state index contributed by atoms with van der Waals surface area (Å²) < 4.78 is 38.0. The molecule has 1 heterocycles. The molecule has 12 heteroatoms. The van der Waals surface area contributed by atoms with Gasteiger partial charge >= 0.3 is 23.9 Å². The normalized spacial score (nSPS) is 23.7. The fourth-order valence-corrected chi connectivity index (χ4v) is 3.26. The van der Waals surface area contributed by atoms with Crippen LogP contribution in [0.25, 0.3) is 0 Å². The Morgan fingerprint density at radius 1 is 0.853 bits per heavy atom. The first-order valence-corrected chi connectivity index (χ1v) is 10.2. The van der Waals surface area contributed by atoms with Crippen LogP contribution >= 0.6 is 0 Å². The van der Waals surface area contributed by atoms with Gasteiger partial charge in [-0.3, -0.25) is 24.0 Å². The number of hydrogen-bond acceptors (Lipinski definition) is 12. The average molecular weight is 482 g/mol. The van der Waals surface area contributed by atoms with Crippen molar-refractivity contribution in [2.75, 3.05) is 13.7 Å². The van der Waals surface area contributed by atoms with Crippen LogP contribution in [0.5, 0.6) is 11.5 Å². The molecule has 5 atom stereocenters. The Morgan fingerprint density at radius 2 is 1.44 bits per heavy atom. The number of methoxy groups -OCH3 is 1. The summed E-state index contributed by atoms with van der Waals surface area (Å²) in [6, 6.07) is 4.29. The molecule has 34 heavy (non-hydrogen) atoms. The van der Waals surface area contributed by atoms with Gasteiger partial charge in [0.25, 0.3) is 0 Å². The molecule has 0 amide bonds. The fraction of sp³-hybridized carbons (Fsp3) is 0.500. The van der Waals surface area contributed by atoms with E-state index in [1.807, 2.05) is 0 Å². The molecule has 12 nitrogen and oxygen atoms in total. The number of rotatable bonds is 9. The highest BCUT2D eigenvalue weighted by Crippen LogP contribution is 2.34. The zero-order valence-corrected chi connectivity index (χ0v) is 19.3. The van der Waals surface area contributed by atoms with E-state index >= 15 is 0 Å². The van der Waals surface area contributed by atoms with Crippen LogP contribution in [-0.4, -0.2) is 74.6 Å². The molecule has 0 N–H and O–H groups in total. The van der Waals surface area contributed by atoms with Crippen LogP contribution in [0.3, 0.4) is 0 Å². The first-order valence-electron chi connectivity index (χ1n) is 10.2. The van der Waals surface area contributed by atoms with Gasteiger partial charge in [-0.15, -0.1) is 0 Å². The van der Waals surface area contributed by atoms with Crippen molar-refractivity contribution in [1.82, 2.24) is 0 Å². The maximum Gasteiger partial charge on any atom is 0.303 e. The molecule has 1 fully saturated rings. The van der Waals surface area contributed by atoms with Crippen LogP contribution in [0, 0.1) is 0 Å². The van der Waals surface area contributed by atoms with E-state index in [0.717, 1.165) is 20.8 Å². The predicted molar refractivity (Wildman–Crippen MR) is 111 cm³/mol. The SMILES string of the molecule is COc1cc(C=O)ccc1O[C@@H]1O[C@H](COC(C)=O)[C@@H](OC(C)=O)[C@H](OC(C)=O)[C@H]1OC(C)=O. The van der Waals surface area contributed by atoms with Gasteiger partial charge in [0.15, 0.2) is 23.7 Å². The lowest BCUT2D eigenvalue weighted by atomic mass is 9.98. The molecule has 0 bridgehead atoms. The van der Waals surface area contributed by atoms with Gasteiger partial charge in [0, 0.05) is 33.3 Å². The summed E-state index contributed by atoms with van der Waals surface area (Å²) in [4.78, 5) is 57.9. The van der Waals surface area contributed by atoms with E-state index in [1.54, 1.807) is 0 Å². The van der Waals surface area contributed by atoms with Crippen LogP contribution in [0.2, 0.25) is 0 Å². The Balaban J connectivity index is 2.51. The van der Waals surface area contributed by atoms with Crippen molar-refractivity contribution in [3.8, 4) is 11.5 Å². The summed E-state index contributed by atoms with van der Waals surface area (Å²) in [5.41, 5.74) is 0.311. The highest BCUT2D eigenvalue weighted by Gasteiger charge is 2.53. The van der Waals surface area contributed by atoms with E-state index in [2.05, 4.69) is 0 Å². The standard InChI is InChI=1S/C22H26O12/c1-11(24)29-10-18-19(30-12(2)25)20(31-13(3)26)21(32-14(4)27)22(34-18)33-16-7-6-15(9-23)8-17(16)28-5/h6-9,18-22H,10H2,1-5H3/t18-,19-,20+,21-,22-/m1/s1. The third-order valence-corrected chi connectivity index (χ3v) is 4.52. The second-order valence-corrected chi connectivity index (χ2v) is 7.21. The van der Waals surface area contributed by atoms with Gasteiger partial charge in [0.05, 0.1) is 7.11 Å². The molecular weight excluding hydrogens is 456 g/mol. The number of benzene rings is 1. The van der Waals surface area contributed by atoms with Crippen molar-refractivity contribution in [2.24, 2.45) is 0 Å². The number of carbonyl (C=O) groups excluding carboxylic acids is 5. The number of carbonyl (C=O) groups is 5. The highest BCUT2D eigenvalue weighted by molar-refractivity contribution is 5.76. The fourth-order valence-electron chi connectivity index (χ4n) is 3.26. The average Bonchev–Trinajstić information content (AvgIpc) is 2.75. The molecule has 186 valence electrons. The zero-order valence-electron chi connectivity index (χ0n) is 19.3. The van der Waals surface area contributed by atoms with Crippen molar-refractivity contribution in [3.05, 3.63) is 23.8 Å². The molecule has 1 aliphatic rings. The van der Waals surface area contributed by atoms with Crippen LogP contribution in [0.4, 0.5) is 0 Å². The van der Waals surface area contributed by atoms with Gasteiger partial charge in [-0.05, 0) is 18.2 Å². The molecule has 0 unspecified atom stereocenters. The highest BCUT2D eigenvalue weighted by atomic mass is 16.7. The summed E-state index contributed by atoms with van der Waals surface area (Å²) in [5.74, 6) is -2.64. The quantitative estimate of drug-likeness (QED) is 0.280. The second-order valence-electron chi connectivity index (χ2n) is 7.21. The number of ether oxygens (including phenoxy) is 7. The largest absolute Gasteiger partial charge is 0.493 e. The van der Waals surface area contributed by atoms with Crippen molar-refractivity contribution < 1.29 is 57.1 Å². The van der Waals surface area contributed by atoms with E-state index in [0.29, 0.717) is 11.8 Å². The molecular formula is C22H26O12. The molecule has 1 saturated heterocycles. The molecule has 1 aliphatic heterocycles. The Bertz CT molecular complexity index is 926. The second kappa shape index (κ2) is 12.0. The van der Waals surface area contributed by atoms with E-state index in [1.165, 1.54) is 32.2 Å². The third kappa shape index (κ3) is 7.17. The summed E-state index contributed by atoms with van der Waals surface area (Å²) in [5, 5.41) is 0. The Kier molecular flexibility index (Phi) is 9.36. The third-order valence-electron chi connectivity index (χ3n) is 4.52. The first kappa shape index (κ1) is 26.6. The molecule has 1 aromatic rings. The predicted octanol–water partition coefficient (Wildman–Crippen LogP) is 0.970. The summed E-state index contributed by atoms with van der Waals surface area (Å²) in [7, 11) is 1.35. The van der Waals surface area contributed by atoms with E-state index < -0.39 is 54.6 Å². The van der Waals surface area contributed by atoms with E-state index in [9.17, 15) is 24.0 Å². The zero-order chi connectivity index (χ0) is 25.4. The molecule has 1 aromatic carbocycles. The molecule has 0 aliphatic carbocycles. The van der Waals surface area contributed by atoms with Crippen LogP contribution < -0.4 is 9.47 Å². The van der Waals surface area contributed by atoms with Gasteiger partial charge in [-0.2, -0.15) is 0 Å². The van der Waals surface area contributed by atoms with Crippen LogP contribution in [-0.2, 0) is 42.9 Å². The summed E-state index contributed by atoms with van der Waals surface area (Å²) in [6.45, 7) is 4.13. The van der Waals surface area contributed by atoms with Crippen LogP contribution in [0.15, 0.2) is 18.2 Å². The molecule has 0 saturated carbocycles. The van der Waals surface area contributed by atoms with Gasteiger partial charge in [0.1, 0.15) is 19.0 Å². The number of hydrogen-bond donors (Lipinski definition) is 0. The number of esters is 4. The maximum absolute atomic E-state index is 11.9. The minimum Gasteiger partial charge on any atom is -0.493 e. The van der Waals surface area contributed by atoms with Gasteiger partial charge < -0.3 is 33.2 Å². The lowest BCUT2D eigenvalue weighted by Crippen LogP contribution is -2.63. The van der Waals surface area contributed by atoms with Crippen molar-refractivity contribution in [2.45, 2.75) is 58.4 Å². The lowest BCUT2D eigenvalue weighted by Gasteiger charge is -2.44. The summed E-state index contributed by atoms with van der Waals surface area (Å²) >= 11 is 0. The Hall–Kier alpha value is -3.67. The van der Waals surface area contributed by atoms with Crippen molar-refractivity contribution >= 4 is 30.2 Å². The maximum atomic E-state index is 11.9. The monoisotopic (exact) mass is 482 g/mol. The topological polar surface area (TPSA) is 150 Å². The van der Waals surface area contributed by atoms with Gasteiger partial charge in [-0.25, -0.2) is 0 Å². The summed E-state index contributed by atoms with van der Waals surface area (Å²) in [6.07, 6.45) is -6.03. The smallest absolute Gasteiger partial charge is 0.303 e.